The number of aromatic nitrogens is 3. The normalized spacial score (nSPS) is 18.0. The molecule has 0 saturated heterocycles. The van der Waals surface area contributed by atoms with Gasteiger partial charge >= 0.3 is 0 Å². The molecule has 3 aromatic heterocycles. The maximum Gasteiger partial charge on any atom is 0.133 e. The van der Waals surface area contributed by atoms with E-state index in [4.69, 9.17) is 9.26 Å². The second-order valence-electron chi connectivity index (χ2n) is 6.54. The topological polar surface area (TPSA) is 56.3 Å². The molecule has 6 heteroatoms. The van der Waals surface area contributed by atoms with Gasteiger partial charge in [-0.05, 0) is 36.8 Å². The Morgan fingerprint density at radius 2 is 2.12 bits per heavy atom. The van der Waals surface area contributed by atoms with Crippen LogP contribution in [0.3, 0.4) is 0 Å². The summed E-state index contributed by atoms with van der Waals surface area (Å²) in [6.07, 6.45) is 5.85. The van der Waals surface area contributed by atoms with Gasteiger partial charge in [0, 0.05) is 56.5 Å². The molecule has 0 spiro atoms. The maximum atomic E-state index is 6.21. The molecule has 0 unspecified atom stereocenters. The standard InChI is InChI=1S/C19H22N4O2/c1-15-9-17(21-25-15)10-22-11-18-3-2-8-23(18)13-19(12-22)24-14-16-4-6-20-7-5-16/h2-9,19H,10-14H2,1H3/t19-/m1/s1. The number of ether oxygens (including phenoxy) is 1. The van der Waals surface area contributed by atoms with Crippen LogP contribution in [0.4, 0.5) is 0 Å². The van der Waals surface area contributed by atoms with Gasteiger partial charge in [-0.15, -0.1) is 0 Å². The smallest absolute Gasteiger partial charge is 0.133 e. The molecular formula is C19H22N4O2. The van der Waals surface area contributed by atoms with Crippen LogP contribution in [0.15, 0.2) is 53.4 Å². The van der Waals surface area contributed by atoms with E-state index in [1.807, 2.05) is 25.1 Å². The third-order valence-corrected chi connectivity index (χ3v) is 4.47. The van der Waals surface area contributed by atoms with Crippen LogP contribution < -0.4 is 0 Å². The molecule has 0 aliphatic carbocycles. The molecule has 0 N–H and O–H groups in total. The summed E-state index contributed by atoms with van der Waals surface area (Å²) in [5.41, 5.74) is 3.41. The minimum atomic E-state index is 0.120. The average molecular weight is 338 g/mol. The minimum Gasteiger partial charge on any atom is -0.370 e. The highest BCUT2D eigenvalue weighted by atomic mass is 16.5. The maximum absolute atomic E-state index is 6.21. The zero-order valence-electron chi connectivity index (χ0n) is 14.3. The summed E-state index contributed by atoms with van der Waals surface area (Å²) in [7, 11) is 0. The fourth-order valence-corrected chi connectivity index (χ4v) is 3.27. The van der Waals surface area contributed by atoms with Crippen LogP contribution in [0.25, 0.3) is 0 Å². The fraction of sp³-hybridized carbons (Fsp3) is 0.368. The van der Waals surface area contributed by atoms with Crippen LogP contribution in [0, 0.1) is 6.92 Å². The predicted molar refractivity (Wildman–Crippen MR) is 92.6 cm³/mol. The van der Waals surface area contributed by atoms with Crippen molar-refractivity contribution in [2.45, 2.75) is 39.3 Å². The van der Waals surface area contributed by atoms with Crippen molar-refractivity contribution in [3.05, 3.63) is 71.6 Å². The van der Waals surface area contributed by atoms with Gasteiger partial charge in [0.25, 0.3) is 0 Å². The molecule has 0 amide bonds. The number of rotatable bonds is 5. The van der Waals surface area contributed by atoms with E-state index in [0.29, 0.717) is 6.61 Å². The molecule has 0 aromatic carbocycles. The lowest BCUT2D eigenvalue weighted by atomic mass is 10.2. The van der Waals surface area contributed by atoms with E-state index in [-0.39, 0.29) is 6.10 Å². The van der Waals surface area contributed by atoms with Gasteiger partial charge in [0.2, 0.25) is 0 Å². The molecule has 0 saturated carbocycles. The molecular weight excluding hydrogens is 316 g/mol. The van der Waals surface area contributed by atoms with Crippen molar-refractivity contribution < 1.29 is 9.26 Å². The Morgan fingerprint density at radius 3 is 2.92 bits per heavy atom. The van der Waals surface area contributed by atoms with Gasteiger partial charge in [-0.2, -0.15) is 0 Å². The zero-order chi connectivity index (χ0) is 17.1. The lowest BCUT2D eigenvalue weighted by Crippen LogP contribution is -2.32. The molecule has 0 bridgehead atoms. The second-order valence-corrected chi connectivity index (χ2v) is 6.54. The fourth-order valence-electron chi connectivity index (χ4n) is 3.27. The summed E-state index contributed by atoms with van der Waals surface area (Å²) in [6, 6.07) is 10.3. The van der Waals surface area contributed by atoms with Crippen molar-refractivity contribution in [1.82, 2.24) is 19.6 Å². The summed E-state index contributed by atoms with van der Waals surface area (Å²) < 4.78 is 13.7. The summed E-state index contributed by atoms with van der Waals surface area (Å²) >= 11 is 0. The first-order valence-corrected chi connectivity index (χ1v) is 8.55. The van der Waals surface area contributed by atoms with E-state index >= 15 is 0 Å². The monoisotopic (exact) mass is 338 g/mol. The summed E-state index contributed by atoms with van der Waals surface area (Å²) in [5.74, 6) is 0.846. The second kappa shape index (κ2) is 7.21. The van der Waals surface area contributed by atoms with Crippen LogP contribution in [0.5, 0.6) is 0 Å². The molecule has 0 fully saturated rings. The molecule has 1 aliphatic heterocycles. The quantitative estimate of drug-likeness (QED) is 0.716. The number of fused-ring (bicyclic) bond motifs is 1. The van der Waals surface area contributed by atoms with Crippen molar-refractivity contribution in [2.24, 2.45) is 0 Å². The first-order chi connectivity index (χ1) is 12.3. The molecule has 6 nitrogen and oxygen atoms in total. The summed E-state index contributed by atoms with van der Waals surface area (Å²) in [6.45, 7) is 5.89. The molecule has 4 heterocycles. The number of hydrogen-bond acceptors (Lipinski definition) is 5. The highest BCUT2D eigenvalue weighted by molar-refractivity contribution is 5.11. The van der Waals surface area contributed by atoms with Crippen LogP contribution in [0.1, 0.15) is 22.7 Å². The first-order valence-electron chi connectivity index (χ1n) is 8.55. The van der Waals surface area contributed by atoms with Gasteiger partial charge in [0.05, 0.1) is 18.4 Å². The van der Waals surface area contributed by atoms with Crippen LogP contribution >= 0.6 is 0 Å². The van der Waals surface area contributed by atoms with Crippen molar-refractivity contribution in [3.63, 3.8) is 0 Å². The van der Waals surface area contributed by atoms with Crippen molar-refractivity contribution >= 4 is 0 Å². The van der Waals surface area contributed by atoms with Gasteiger partial charge < -0.3 is 13.8 Å². The Kier molecular flexibility index (Phi) is 4.63. The molecule has 4 rings (SSSR count). The Morgan fingerprint density at radius 1 is 1.24 bits per heavy atom. The third-order valence-electron chi connectivity index (χ3n) is 4.47. The number of nitrogens with zero attached hydrogens (tertiary/aromatic N) is 4. The van der Waals surface area contributed by atoms with Crippen molar-refractivity contribution in [2.75, 3.05) is 6.54 Å². The molecule has 1 aliphatic rings. The van der Waals surface area contributed by atoms with Gasteiger partial charge in [0.15, 0.2) is 0 Å². The van der Waals surface area contributed by atoms with Gasteiger partial charge in [-0.1, -0.05) is 5.16 Å². The SMILES string of the molecule is Cc1cc(CN2Cc3cccn3C[C@H](OCc3ccncc3)C2)no1. The van der Waals surface area contributed by atoms with Gasteiger partial charge in [-0.25, -0.2) is 0 Å². The highest BCUT2D eigenvalue weighted by Gasteiger charge is 2.23. The van der Waals surface area contributed by atoms with Crippen molar-refractivity contribution in [1.29, 1.82) is 0 Å². The minimum absolute atomic E-state index is 0.120. The molecule has 130 valence electrons. The lowest BCUT2D eigenvalue weighted by molar-refractivity contribution is 0.00831. The van der Waals surface area contributed by atoms with E-state index in [1.165, 1.54) is 5.69 Å². The number of pyridine rings is 1. The van der Waals surface area contributed by atoms with Crippen LogP contribution in [-0.4, -0.2) is 32.3 Å². The van der Waals surface area contributed by atoms with E-state index in [9.17, 15) is 0 Å². The molecule has 0 radical (unpaired) electrons. The first kappa shape index (κ1) is 16.1. The lowest BCUT2D eigenvalue weighted by Gasteiger charge is -2.23. The molecule has 1 atom stereocenters. The van der Waals surface area contributed by atoms with E-state index < -0.39 is 0 Å². The number of hydrogen-bond donors (Lipinski definition) is 0. The van der Waals surface area contributed by atoms with Crippen molar-refractivity contribution in [3.8, 4) is 0 Å². The highest BCUT2D eigenvalue weighted by Crippen LogP contribution is 2.18. The van der Waals surface area contributed by atoms with Crippen LogP contribution in [0.2, 0.25) is 0 Å². The van der Waals surface area contributed by atoms with E-state index in [1.54, 1.807) is 12.4 Å². The van der Waals surface area contributed by atoms with E-state index in [0.717, 1.165) is 43.2 Å². The van der Waals surface area contributed by atoms with Crippen LogP contribution in [-0.2, 0) is 31.0 Å². The zero-order valence-corrected chi connectivity index (χ0v) is 14.3. The molecule has 25 heavy (non-hydrogen) atoms. The Labute approximate surface area is 147 Å². The summed E-state index contributed by atoms with van der Waals surface area (Å²) in [4.78, 5) is 6.42. The Hall–Kier alpha value is -2.44. The Bertz CT molecular complexity index is 812. The largest absolute Gasteiger partial charge is 0.370 e. The van der Waals surface area contributed by atoms with Gasteiger partial charge in [0.1, 0.15) is 5.76 Å². The predicted octanol–water partition coefficient (Wildman–Crippen LogP) is 2.78. The third kappa shape index (κ3) is 3.97. The average Bonchev–Trinajstić information content (AvgIpc) is 3.19. The summed E-state index contributed by atoms with van der Waals surface area (Å²) in [5, 5.41) is 4.13. The number of aryl methyl sites for hydroxylation is 1. The van der Waals surface area contributed by atoms with E-state index in [2.05, 4.69) is 37.9 Å². The Balaban J connectivity index is 1.47. The van der Waals surface area contributed by atoms with Gasteiger partial charge in [-0.3, -0.25) is 9.88 Å². The molecule has 3 aromatic rings.